The van der Waals surface area contributed by atoms with Crippen molar-refractivity contribution in [3.05, 3.63) is 35.3 Å². The van der Waals surface area contributed by atoms with E-state index in [9.17, 15) is 9.59 Å². The lowest BCUT2D eigenvalue weighted by molar-refractivity contribution is -0.125. The van der Waals surface area contributed by atoms with Gasteiger partial charge in [0.2, 0.25) is 0 Å². The van der Waals surface area contributed by atoms with Crippen molar-refractivity contribution in [2.75, 3.05) is 13.7 Å². The number of ether oxygens (including phenoxy) is 2. The fraction of sp³-hybridized carbons (Fsp3) is 0.450. The van der Waals surface area contributed by atoms with Gasteiger partial charge in [0, 0.05) is 17.0 Å². The van der Waals surface area contributed by atoms with Gasteiger partial charge >= 0.3 is 5.97 Å². The van der Waals surface area contributed by atoms with Gasteiger partial charge in [0.05, 0.1) is 7.11 Å². The third-order valence-corrected chi connectivity index (χ3v) is 5.73. The number of methoxy groups -OCH3 is 1. The topological polar surface area (TPSA) is 77.5 Å². The first-order valence-electron chi connectivity index (χ1n) is 9.13. The summed E-state index contributed by atoms with van der Waals surface area (Å²) in [5.41, 5.74) is 1.11. The predicted molar refractivity (Wildman–Crippen MR) is 104 cm³/mol. The monoisotopic (exact) mass is 388 g/mol. The molecule has 0 bridgehead atoms. The summed E-state index contributed by atoms with van der Waals surface area (Å²) in [6.07, 6.45) is 4.45. The molecular weight excluding hydrogens is 364 g/mol. The summed E-state index contributed by atoms with van der Waals surface area (Å²) in [6.45, 7) is 1.86. The molecule has 0 spiro atoms. The maximum absolute atomic E-state index is 12.2. The predicted octanol–water partition coefficient (Wildman–Crippen LogP) is 3.67. The number of amides is 1. The van der Waals surface area contributed by atoms with Crippen LogP contribution in [0.1, 0.15) is 43.1 Å². The minimum atomic E-state index is -0.585. The number of esters is 1. The Morgan fingerprint density at radius 3 is 2.67 bits per heavy atom. The summed E-state index contributed by atoms with van der Waals surface area (Å²) in [7, 11) is 1.61. The molecule has 1 N–H and O–H groups in total. The van der Waals surface area contributed by atoms with Gasteiger partial charge in [-0.2, -0.15) is 0 Å². The Kier molecular flexibility index (Phi) is 6.45. The fourth-order valence-electron chi connectivity index (χ4n) is 3.22. The summed E-state index contributed by atoms with van der Waals surface area (Å²) in [5.74, 6) is 0.378. The zero-order chi connectivity index (χ0) is 19.2. The zero-order valence-corrected chi connectivity index (χ0v) is 16.4. The van der Waals surface area contributed by atoms with Crippen molar-refractivity contribution in [2.45, 2.75) is 38.6 Å². The lowest BCUT2D eigenvalue weighted by atomic mass is 9.86. The van der Waals surface area contributed by atoms with Gasteiger partial charge in [0.15, 0.2) is 12.3 Å². The standard InChI is InChI=1S/C20H24N2O4S/c1-13-5-3-4-6-16(13)21-18(23)11-26-20(24)17-12-27-19(22-17)14-7-9-15(25-2)10-8-14/h7-10,12-13,16H,3-6,11H2,1-2H3,(H,21,23)/t13-,16-/m0/s1. The zero-order valence-electron chi connectivity index (χ0n) is 15.6. The number of benzene rings is 1. The van der Waals surface area contributed by atoms with Crippen LogP contribution in [0.5, 0.6) is 5.75 Å². The SMILES string of the molecule is COc1ccc(-c2nc(C(=O)OCC(=O)N[C@H]3CCCC[C@@H]3C)cs2)cc1. The van der Waals surface area contributed by atoms with E-state index in [1.165, 1.54) is 17.8 Å². The van der Waals surface area contributed by atoms with E-state index >= 15 is 0 Å². The number of nitrogens with one attached hydrogen (secondary N) is 1. The number of carbonyl (C=O) groups is 2. The number of aromatic nitrogens is 1. The molecule has 7 heteroatoms. The van der Waals surface area contributed by atoms with Crippen molar-refractivity contribution in [3.8, 4) is 16.3 Å². The molecule has 0 saturated heterocycles. The quantitative estimate of drug-likeness (QED) is 0.764. The second-order valence-corrected chi connectivity index (χ2v) is 7.64. The van der Waals surface area contributed by atoms with E-state index in [2.05, 4.69) is 17.2 Å². The minimum Gasteiger partial charge on any atom is -0.497 e. The van der Waals surface area contributed by atoms with Crippen molar-refractivity contribution < 1.29 is 19.1 Å². The lowest BCUT2D eigenvalue weighted by Gasteiger charge is -2.29. The van der Waals surface area contributed by atoms with Crippen LogP contribution in [0.25, 0.3) is 10.6 Å². The summed E-state index contributed by atoms with van der Waals surface area (Å²) < 4.78 is 10.3. The van der Waals surface area contributed by atoms with Crippen LogP contribution in [0.15, 0.2) is 29.6 Å². The third kappa shape index (κ3) is 5.07. The Morgan fingerprint density at radius 1 is 1.22 bits per heavy atom. The second kappa shape index (κ2) is 8.99. The number of carbonyl (C=O) groups excluding carboxylic acids is 2. The molecule has 1 heterocycles. The molecule has 1 amide bonds. The molecule has 144 valence electrons. The van der Waals surface area contributed by atoms with E-state index in [4.69, 9.17) is 9.47 Å². The van der Waals surface area contributed by atoms with Crippen LogP contribution in [0.2, 0.25) is 0 Å². The highest BCUT2D eigenvalue weighted by molar-refractivity contribution is 7.13. The summed E-state index contributed by atoms with van der Waals surface area (Å²) in [4.78, 5) is 28.5. The molecule has 2 aromatic rings. The van der Waals surface area contributed by atoms with Gasteiger partial charge in [0.1, 0.15) is 10.8 Å². The molecule has 2 atom stereocenters. The highest BCUT2D eigenvalue weighted by Crippen LogP contribution is 2.26. The molecule has 0 aliphatic heterocycles. The first-order chi connectivity index (χ1) is 13.1. The lowest BCUT2D eigenvalue weighted by Crippen LogP contribution is -2.42. The Balaban J connectivity index is 1.52. The molecule has 1 aromatic carbocycles. The smallest absolute Gasteiger partial charge is 0.358 e. The number of hydrogen-bond donors (Lipinski definition) is 1. The average Bonchev–Trinajstić information content (AvgIpc) is 3.18. The van der Waals surface area contributed by atoms with Gasteiger partial charge in [-0.25, -0.2) is 9.78 Å². The summed E-state index contributed by atoms with van der Waals surface area (Å²) in [5, 5.41) is 5.33. The third-order valence-electron chi connectivity index (χ3n) is 4.84. The van der Waals surface area contributed by atoms with Crippen LogP contribution in [0.4, 0.5) is 0 Å². The summed E-state index contributed by atoms with van der Waals surface area (Å²) in [6, 6.07) is 7.61. The number of nitrogens with zero attached hydrogens (tertiary/aromatic N) is 1. The van der Waals surface area contributed by atoms with Gasteiger partial charge in [-0.1, -0.05) is 19.8 Å². The molecule has 0 radical (unpaired) electrons. The molecule has 1 fully saturated rings. The van der Waals surface area contributed by atoms with Crippen molar-refractivity contribution in [3.63, 3.8) is 0 Å². The van der Waals surface area contributed by atoms with Gasteiger partial charge in [-0.15, -0.1) is 11.3 Å². The maximum Gasteiger partial charge on any atom is 0.358 e. The number of rotatable bonds is 6. The van der Waals surface area contributed by atoms with E-state index < -0.39 is 5.97 Å². The van der Waals surface area contributed by atoms with Crippen LogP contribution in [-0.2, 0) is 9.53 Å². The molecule has 1 aromatic heterocycles. The first-order valence-corrected chi connectivity index (χ1v) is 10.0. The van der Waals surface area contributed by atoms with Crippen molar-refractivity contribution >= 4 is 23.2 Å². The molecule has 1 aliphatic carbocycles. The number of hydrogen-bond acceptors (Lipinski definition) is 6. The van der Waals surface area contributed by atoms with E-state index in [1.54, 1.807) is 12.5 Å². The van der Waals surface area contributed by atoms with Gasteiger partial charge in [-0.05, 0) is 43.0 Å². The van der Waals surface area contributed by atoms with E-state index in [1.807, 2.05) is 24.3 Å². The first kappa shape index (κ1) is 19.4. The molecule has 1 saturated carbocycles. The van der Waals surface area contributed by atoms with Crippen LogP contribution in [0.3, 0.4) is 0 Å². The Morgan fingerprint density at radius 2 is 1.96 bits per heavy atom. The van der Waals surface area contributed by atoms with Gasteiger partial charge < -0.3 is 14.8 Å². The van der Waals surface area contributed by atoms with Crippen molar-refractivity contribution in [2.24, 2.45) is 5.92 Å². The van der Waals surface area contributed by atoms with Crippen LogP contribution < -0.4 is 10.1 Å². The van der Waals surface area contributed by atoms with E-state index in [0.29, 0.717) is 10.9 Å². The second-order valence-electron chi connectivity index (χ2n) is 6.78. The Bertz CT molecular complexity index is 788. The normalized spacial score (nSPS) is 19.3. The average molecular weight is 388 g/mol. The Hall–Kier alpha value is -2.41. The van der Waals surface area contributed by atoms with Crippen LogP contribution >= 0.6 is 11.3 Å². The fourth-order valence-corrected chi connectivity index (χ4v) is 4.01. The minimum absolute atomic E-state index is 0.172. The maximum atomic E-state index is 12.2. The van der Waals surface area contributed by atoms with Crippen molar-refractivity contribution in [1.82, 2.24) is 10.3 Å². The molecule has 3 rings (SSSR count). The van der Waals surface area contributed by atoms with Gasteiger partial charge in [-0.3, -0.25) is 4.79 Å². The summed E-state index contributed by atoms with van der Waals surface area (Å²) >= 11 is 1.35. The van der Waals surface area contributed by atoms with Crippen molar-refractivity contribution in [1.29, 1.82) is 0 Å². The highest BCUT2D eigenvalue weighted by atomic mass is 32.1. The molecule has 1 aliphatic rings. The number of thiazole rings is 1. The van der Waals surface area contributed by atoms with Gasteiger partial charge in [0.25, 0.3) is 5.91 Å². The van der Waals surface area contributed by atoms with E-state index in [-0.39, 0.29) is 24.2 Å². The largest absolute Gasteiger partial charge is 0.497 e. The highest BCUT2D eigenvalue weighted by Gasteiger charge is 2.23. The molecule has 27 heavy (non-hydrogen) atoms. The van der Waals surface area contributed by atoms with Crippen LogP contribution in [-0.4, -0.2) is 36.6 Å². The van der Waals surface area contributed by atoms with E-state index in [0.717, 1.165) is 30.6 Å². The molecule has 6 nitrogen and oxygen atoms in total. The molecular formula is C20H24N2O4S. The Labute approximate surface area is 162 Å². The van der Waals surface area contributed by atoms with Crippen LogP contribution in [0, 0.1) is 5.92 Å². The molecule has 0 unspecified atom stereocenters.